The third kappa shape index (κ3) is 29.0. The van der Waals surface area contributed by atoms with Crippen molar-refractivity contribution in [1.29, 1.82) is 0 Å². The number of carboxylic acid groups (broad SMARTS) is 1. The summed E-state index contributed by atoms with van der Waals surface area (Å²) in [5, 5.41) is 45.2. The summed E-state index contributed by atoms with van der Waals surface area (Å²) in [7, 11) is 3.72. The van der Waals surface area contributed by atoms with Gasteiger partial charge in [0.2, 0.25) is 88.6 Å². The molecular weight excluding hydrogens is 1760 g/mol. The van der Waals surface area contributed by atoms with Crippen molar-refractivity contribution in [2.24, 2.45) is 23.3 Å². The van der Waals surface area contributed by atoms with Gasteiger partial charge in [0.1, 0.15) is 90.1 Å². The fourth-order valence-electron chi connectivity index (χ4n) is 16.7. The minimum atomic E-state index is -1.91. The number of nitrogens with one attached hydrogen (secondary N) is 10. The number of nitrogens with two attached hydrogens (primary N) is 2. The molecule has 13 atom stereocenters. The second kappa shape index (κ2) is 49.6. The molecule has 0 radical (unpaired) electrons. The van der Waals surface area contributed by atoms with Gasteiger partial charge in [-0.2, -0.15) is 0 Å². The van der Waals surface area contributed by atoms with Gasteiger partial charge in [-0.05, 0) is 146 Å². The Hall–Kier alpha value is -13.0. The van der Waals surface area contributed by atoms with Crippen molar-refractivity contribution in [3.8, 4) is 5.75 Å². The van der Waals surface area contributed by atoms with Crippen LogP contribution < -0.4 is 59.3 Å². The number of aromatic nitrogens is 1. The number of benzene rings is 5. The number of H-pyrrole nitrogens is 1. The summed E-state index contributed by atoms with van der Waals surface area (Å²) in [6, 6.07) is 6.35. The zero-order chi connectivity index (χ0) is 97.9. The number of primary amides is 1. The van der Waals surface area contributed by atoms with Crippen molar-refractivity contribution in [2.75, 3.05) is 58.8 Å². The first-order valence-corrected chi connectivity index (χ1v) is 46.0. The quantitative estimate of drug-likeness (QED) is 0.0306. The standard InChI is InChI=1S/C94H121F4N17O18S/c1-9-10-23-74-93(132)115-39-18-25-73(115)87(126)104-65(36-37-99)83(122)110-81(53(4)5)94(133)112(7)75(45-54-19-12-11-13-20-54)89(128)105-66(34-35-79(119)120)91(130)114-38-17-16-24-72(114)88(127)108-69(47-58-48-101-64-22-15-14-21-61(58)64)86(125)107-68(43-55-28-32-60(116)33-29-55)85(124)106-67(40-52(2)3)84(123)109-71(82(121)102-49-77(100)117)50-134-51-78(118)103-70(44-57-41-62(96)80(98)63(97)42-57)90(129)113(8)76(92(131)111(74)6)46-56-26-30-59(95)31-27-56/h11-15,19-22,26-33,41-42,48,52-53,65-76,81,101,116H,9-10,16-18,23-25,34-40,43-47,49-51,99H2,1-8H3,(H2,100,117)(H,102,121)(H,103,118)(H,104,126)(H,105,128)(H,106,124)(H,107,125)(H,108,127)(H,109,123)(H,110,122)(H,119,120)/t65-,66-,67-,68-,69+,70-,71-,72+,73+,74-,75-,76-,81+/m0/s1. The molecule has 4 heterocycles. The number of nitrogens with zero attached hydrogens (tertiary/aromatic N) is 5. The molecule has 0 unspecified atom stereocenters. The van der Waals surface area contributed by atoms with Crippen LogP contribution in [-0.2, 0) is 109 Å². The lowest BCUT2D eigenvalue weighted by molar-refractivity contribution is -0.152. The molecule has 0 saturated carbocycles. The molecule has 5 aromatic carbocycles. The normalized spacial score (nSPS) is 23.6. The van der Waals surface area contributed by atoms with Crippen LogP contribution in [0.15, 0.2) is 121 Å². The topological polar surface area (TPSA) is 506 Å². The highest BCUT2D eigenvalue weighted by Crippen LogP contribution is 2.29. The molecule has 40 heteroatoms. The third-order valence-corrected chi connectivity index (χ3v) is 25.1. The van der Waals surface area contributed by atoms with Gasteiger partial charge in [-0.25, -0.2) is 17.6 Å². The second-order valence-electron chi connectivity index (χ2n) is 34.9. The largest absolute Gasteiger partial charge is 0.508 e. The lowest BCUT2D eigenvalue weighted by Gasteiger charge is -2.38. The SMILES string of the molecule is CCCC[C@H]1C(=O)N2CCC[C@@H]2C(=O)N[C@@H](CCN)C(=O)N[C@H](C(C)C)C(=O)N(C)[C@@H](Cc2ccccc2)C(=O)N[C@@H](CCC(=O)O)C(=O)N2CCCC[C@@H]2C(=O)N[C@H](Cc2c[nH]c3ccccc23)C(=O)N[C@@H](Cc2ccc(O)cc2)C(=O)N[C@@H](CC(C)C)C(=O)N[C@H](C(=O)NCC(N)=O)CSCC(=O)N[C@@H](Cc2cc(F)c(F)c(F)c2)C(=O)N(C)[C@@H](Cc2ccc(F)cc2)C(=O)N1C. The number of aliphatic carboxylic acids is 1. The Morgan fingerprint density at radius 2 is 1.06 bits per heavy atom. The molecule has 0 spiro atoms. The summed E-state index contributed by atoms with van der Waals surface area (Å²) in [6.45, 7) is 7.23. The molecule has 3 aliphatic heterocycles. The van der Waals surface area contributed by atoms with Crippen molar-refractivity contribution in [2.45, 2.75) is 222 Å². The highest BCUT2D eigenvalue weighted by atomic mass is 32.2. The van der Waals surface area contributed by atoms with Gasteiger partial charge >= 0.3 is 5.97 Å². The van der Waals surface area contributed by atoms with Crippen LogP contribution in [0.4, 0.5) is 17.6 Å². The maximum absolute atomic E-state index is 15.7. The van der Waals surface area contributed by atoms with Crippen LogP contribution in [0.2, 0.25) is 0 Å². The first kappa shape index (κ1) is 105. The van der Waals surface area contributed by atoms with E-state index in [1.54, 1.807) is 88.5 Å². The fourth-order valence-corrected chi connectivity index (χ4v) is 17.5. The molecule has 0 aliphatic carbocycles. The summed E-state index contributed by atoms with van der Waals surface area (Å²) < 4.78 is 59.8. The van der Waals surface area contributed by atoms with Gasteiger partial charge in [0.15, 0.2) is 17.5 Å². The number of aromatic hydroxyl groups is 1. The van der Waals surface area contributed by atoms with E-state index < -0.39 is 252 Å². The van der Waals surface area contributed by atoms with Crippen molar-refractivity contribution >= 4 is 117 Å². The van der Waals surface area contributed by atoms with Crippen LogP contribution in [0.25, 0.3) is 10.9 Å². The molecular formula is C94H121F4N17O18S. The minimum absolute atomic E-state index is 0.0330. The average Bonchev–Trinajstić information content (AvgIpc) is 1.35. The summed E-state index contributed by atoms with van der Waals surface area (Å²) in [4.78, 5) is 246. The first-order valence-electron chi connectivity index (χ1n) is 44.9. The van der Waals surface area contributed by atoms with E-state index in [1.807, 2.05) is 6.92 Å². The Bertz CT molecular complexity index is 5170. The predicted molar refractivity (Wildman–Crippen MR) is 487 cm³/mol. The number of phenolic OH excluding ortho intramolecular Hbond substituents is 1. The number of para-hydroxylation sites is 1. The van der Waals surface area contributed by atoms with E-state index in [-0.39, 0.29) is 94.3 Å². The van der Waals surface area contributed by atoms with Crippen molar-refractivity contribution in [3.05, 3.63) is 173 Å². The molecule has 3 saturated heterocycles. The van der Waals surface area contributed by atoms with Gasteiger partial charge in [-0.3, -0.25) is 76.7 Å². The molecule has 1 aromatic heterocycles. The minimum Gasteiger partial charge on any atom is -0.508 e. The number of aromatic amines is 1. The van der Waals surface area contributed by atoms with Gasteiger partial charge in [0.05, 0.1) is 12.3 Å². The van der Waals surface area contributed by atoms with E-state index in [9.17, 15) is 47.8 Å². The third-order valence-electron chi connectivity index (χ3n) is 24.1. The van der Waals surface area contributed by atoms with Crippen LogP contribution in [0.3, 0.4) is 0 Å². The van der Waals surface area contributed by atoms with E-state index in [2.05, 4.69) is 52.8 Å². The number of thioether (sulfide) groups is 1. The lowest BCUT2D eigenvalue weighted by atomic mass is 9.97. The summed E-state index contributed by atoms with van der Waals surface area (Å²) >= 11 is 0.657. The monoisotopic (exact) mass is 1880 g/mol. The van der Waals surface area contributed by atoms with E-state index in [4.69, 9.17) is 11.5 Å². The number of carboxylic acids is 1. The Balaban J connectivity index is 1.14. The van der Waals surface area contributed by atoms with Gasteiger partial charge in [0.25, 0.3) is 0 Å². The molecule has 3 fully saturated rings. The number of carbonyl (C=O) groups excluding carboxylic acids is 15. The number of phenols is 1. The number of halogens is 4. The molecule has 9 rings (SSSR count). The van der Waals surface area contributed by atoms with E-state index in [0.29, 0.717) is 77.2 Å². The number of likely N-dealkylation sites (N-methyl/N-ethyl adjacent to an activating group) is 3. The smallest absolute Gasteiger partial charge is 0.303 e. The van der Waals surface area contributed by atoms with E-state index >= 15 is 56.7 Å². The van der Waals surface area contributed by atoms with E-state index in [0.717, 1.165) is 33.9 Å². The summed E-state index contributed by atoms with van der Waals surface area (Å²) in [6.07, 6.45) is -0.562. The Labute approximate surface area is 778 Å². The molecule has 6 aromatic rings. The number of unbranched alkanes of at least 4 members (excludes halogenated alkanes) is 1. The first-order chi connectivity index (χ1) is 63.7. The van der Waals surface area contributed by atoms with E-state index in [1.165, 1.54) is 60.3 Å². The van der Waals surface area contributed by atoms with Crippen LogP contribution in [-0.4, -0.2) is 272 Å². The number of piperidine rings is 1. The molecule has 134 heavy (non-hydrogen) atoms. The molecule has 35 nitrogen and oxygen atoms in total. The molecule has 0 bridgehead atoms. The molecule has 15 amide bonds. The van der Waals surface area contributed by atoms with Crippen LogP contribution >= 0.6 is 11.8 Å². The molecule has 724 valence electrons. The average molecular weight is 1890 g/mol. The number of carbonyl (C=O) groups is 16. The number of amides is 15. The zero-order valence-electron chi connectivity index (χ0n) is 76.2. The highest BCUT2D eigenvalue weighted by Gasteiger charge is 2.46. The highest BCUT2D eigenvalue weighted by molar-refractivity contribution is 8.00. The Morgan fingerprint density at radius 1 is 0.522 bits per heavy atom. The fraction of sp³-hybridized carbons (Fsp3) is 0.489. The molecule has 16 N–H and O–H groups in total. The van der Waals surface area contributed by atoms with Gasteiger partial charge in [0, 0.05) is 95.6 Å². The van der Waals surface area contributed by atoms with Gasteiger partial charge < -0.3 is 99.0 Å². The Kier molecular flexibility index (Phi) is 38.8. The number of hydrogen-bond donors (Lipinski definition) is 14. The number of hydrogen-bond acceptors (Lipinski definition) is 19. The number of rotatable bonds is 24. The van der Waals surface area contributed by atoms with Crippen LogP contribution in [0.1, 0.15) is 139 Å². The van der Waals surface area contributed by atoms with Crippen molar-refractivity contribution in [1.82, 2.24) is 77.3 Å². The lowest BCUT2D eigenvalue weighted by Crippen LogP contribution is -2.63. The van der Waals surface area contributed by atoms with Crippen LogP contribution in [0, 0.1) is 35.1 Å². The van der Waals surface area contributed by atoms with Gasteiger partial charge in [-0.1, -0.05) is 120 Å². The van der Waals surface area contributed by atoms with Crippen molar-refractivity contribution in [3.63, 3.8) is 0 Å². The maximum Gasteiger partial charge on any atom is 0.303 e. The predicted octanol–water partition coefficient (Wildman–Crippen LogP) is 3.13. The van der Waals surface area contributed by atoms with Gasteiger partial charge in [-0.15, -0.1) is 11.8 Å². The van der Waals surface area contributed by atoms with Crippen LogP contribution in [0.5, 0.6) is 5.75 Å². The molecule has 3 aliphatic rings. The summed E-state index contributed by atoms with van der Waals surface area (Å²) in [5.74, 6) is -24.2. The zero-order valence-corrected chi connectivity index (χ0v) is 77.0. The van der Waals surface area contributed by atoms with Crippen molar-refractivity contribution < 1.29 is 104 Å². The second-order valence-corrected chi connectivity index (χ2v) is 35.9. The maximum atomic E-state index is 15.7. The Morgan fingerprint density at radius 3 is 1.69 bits per heavy atom. The number of fused-ring (bicyclic) bond motifs is 3. The summed E-state index contributed by atoms with van der Waals surface area (Å²) in [5.41, 5.74) is 13.4.